The minimum absolute atomic E-state index is 0.299. The van der Waals surface area contributed by atoms with E-state index in [0.717, 1.165) is 11.3 Å². The van der Waals surface area contributed by atoms with E-state index in [1.165, 1.54) is 7.11 Å². The van der Waals surface area contributed by atoms with Crippen LogP contribution in [0.5, 0.6) is 11.5 Å². The molecule has 0 spiro atoms. The molecule has 3 aromatic rings. The van der Waals surface area contributed by atoms with Crippen molar-refractivity contribution in [1.29, 1.82) is 0 Å². The summed E-state index contributed by atoms with van der Waals surface area (Å²) in [4.78, 5) is 20.7. The maximum atomic E-state index is 12.6. The monoisotopic (exact) mass is 364 g/mol. The molecule has 0 aliphatic carbocycles. The van der Waals surface area contributed by atoms with Crippen molar-refractivity contribution in [2.24, 2.45) is 0 Å². The third kappa shape index (κ3) is 4.72. The van der Waals surface area contributed by atoms with Crippen molar-refractivity contribution >= 4 is 17.3 Å². The Morgan fingerprint density at radius 3 is 2.56 bits per heavy atom. The van der Waals surface area contributed by atoms with Crippen molar-refractivity contribution in [1.82, 2.24) is 9.97 Å². The molecule has 138 valence electrons. The van der Waals surface area contributed by atoms with E-state index >= 15 is 0 Å². The molecule has 27 heavy (non-hydrogen) atoms. The average molecular weight is 364 g/mol. The first kappa shape index (κ1) is 18.2. The minimum Gasteiger partial charge on any atom is -0.497 e. The van der Waals surface area contributed by atoms with Crippen LogP contribution in [0.25, 0.3) is 0 Å². The van der Waals surface area contributed by atoms with E-state index in [1.807, 2.05) is 18.2 Å². The van der Waals surface area contributed by atoms with Crippen LogP contribution in [0.3, 0.4) is 0 Å². The van der Waals surface area contributed by atoms with Gasteiger partial charge in [0, 0.05) is 36.9 Å². The van der Waals surface area contributed by atoms with Gasteiger partial charge in [-0.25, -0.2) is 0 Å². The molecule has 1 aromatic carbocycles. The molecule has 7 nitrogen and oxygen atoms in total. The number of hydrogen-bond acceptors (Lipinski definition) is 6. The summed E-state index contributed by atoms with van der Waals surface area (Å²) in [7, 11) is 3.10. The van der Waals surface area contributed by atoms with Crippen LogP contribution in [0.15, 0.2) is 61.1 Å². The molecule has 0 atom stereocenters. The van der Waals surface area contributed by atoms with Crippen molar-refractivity contribution in [3.63, 3.8) is 0 Å². The summed E-state index contributed by atoms with van der Waals surface area (Å²) in [5.74, 6) is 0.825. The standard InChI is InChI=1S/C20H20N4O3/c1-26-16-3-4-17(19(12-16)27-2)24-20(25)18-11-15(7-10-22-18)23-13-14-5-8-21-9-6-14/h3-12H,13H2,1-2H3,(H,22,23)(H,24,25). The van der Waals surface area contributed by atoms with E-state index in [-0.39, 0.29) is 5.91 Å². The largest absolute Gasteiger partial charge is 0.497 e. The summed E-state index contributed by atoms with van der Waals surface area (Å²) in [5, 5.41) is 6.08. The Morgan fingerprint density at radius 1 is 1.00 bits per heavy atom. The number of hydrogen-bond donors (Lipinski definition) is 2. The first-order chi connectivity index (χ1) is 13.2. The zero-order chi connectivity index (χ0) is 19.1. The number of nitrogens with zero attached hydrogens (tertiary/aromatic N) is 2. The van der Waals surface area contributed by atoms with Crippen molar-refractivity contribution in [2.75, 3.05) is 24.9 Å². The Labute approximate surface area is 157 Å². The molecule has 0 radical (unpaired) electrons. The van der Waals surface area contributed by atoms with E-state index in [9.17, 15) is 4.79 Å². The van der Waals surface area contributed by atoms with E-state index in [1.54, 1.807) is 50.0 Å². The van der Waals surface area contributed by atoms with Crippen LogP contribution in [0.4, 0.5) is 11.4 Å². The number of aromatic nitrogens is 2. The first-order valence-corrected chi connectivity index (χ1v) is 8.32. The highest BCUT2D eigenvalue weighted by Gasteiger charge is 2.12. The second kappa shape index (κ2) is 8.66. The summed E-state index contributed by atoms with van der Waals surface area (Å²) < 4.78 is 10.5. The van der Waals surface area contributed by atoms with Crippen LogP contribution in [-0.4, -0.2) is 30.1 Å². The van der Waals surface area contributed by atoms with E-state index in [2.05, 4.69) is 20.6 Å². The number of benzene rings is 1. The number of rotatable bonds is 7. The Kier molecular flexibility index (Phi) is 5.84. The van der Waals surface area contributed by atoms with Crippen LogP contribution in [-0.2, 0) is 6.54 Å². The van der Waals surface area contributed by atoms with Gasteiger partial charge in [0.2, 0.25) is 0 Å². The molecule has 0 bridgehead atoms. The normalized spacial score (nSPS) is 10.1. The number of amides is 1. The van der Waals surface area contributed by atoms with Crippen LogP contribution in [0.1, 0.15) is 16.1 Å². The Balaban J connectivity index is 1.70. The van der Waals surface area contributed by atoms with Gasteiger partial charge in [-0.05, 0) is 42.0 Å². The summed E-state index contributed by atoms with van der Waals surface area (Å²) in [6, 6.07) is 12.5. The second-order valence-corrected chi connectivity index (χ2v) is 5.66. The Morgan fingerprint density at radius 2 is 1.81 bits per heavy atom. The highest BCUT2D eigenvalue weighted by atomic mass is 16.5. The highest BCUT2D eigenvalue weighted by molar-refractivity contribution is 6.04. The minimum atomic E-state index is -0.328. The van der Waals surface area contributed by atoms with Crippen molar-refractivity contribution in [2.45, 2.75) is 6.54 Å². The summed E-state index contributed by atoms with van der Waals surface area (Å²) in [5.41, 5.74) is 2.73. The SMILES string of the molecule is COc1ccc(NC(=O)c2cc(NCc3ccncc3)ccn2)c(OC)c1. The lowest BCUT2D eigenvalue weighted by atomic mass is 10.2. The lowest BCUT2D eigenvalue weighted by molar-refractivity contribution is 0.102. The summed E-state index contributed by atoms with van der Waals surface area (Å²) in [6.45, 7) is 0.625. The molecule has 7 heteroatoms. The van der Waals surface area contributed by atoms with E-state index in [4.69, 9.17) is 9.47 Å². The zero-order valence-electron chi connectivity index (χ0n) is 15.1. The molecule has 1 amide bonds. The van der Waals surface area contributed by atoms with Crippen LogP contribution < -0.4 is 20.1 Å². The van der Waals surface area contributed by atoms with Gasteiger partial charge in [-0.1, -0.05) is 0 Å². The first-order valence-electron chi connectivity index (χ1n) is 8.32. The molecule has 0 aliphatic heterocycles. The lowest BCUT2D eigenvalue weighted by Crippen LogP contribution is -2.14. The van der Waals surface area contributed by atoms with Crippen molar-refractivity contribution in [3.05, 3.63) is 72.3 Å². The number of nitrogens with one attached hydrogen (secondary N) is 2. The molecule has 0 saturated heterocycles. The predicted molar refractivity (Wildman–Crippen MR) is 103 cm³/mol. The molecular weight excluding hydrogens is 344 g/mol. The number of anilines is 2. The fourth-order valence-electron chi connectivity index (χ4n) is 2.46. The zero-order valence-corrected chi connectivity index (χ0v) is 15.1. The van der Waals surface area contributed by atoms with Gasteiger partial charge in [-0.2, -0.15) is 0 Å². The van der Waals surface area contributed by atoms with Gasteiger partial charge < -0.3 is 20.1 Å². The molecule has 2 heterocycles. The van der Waals surface area contributed by atoms with Crippen molar-refractivity contribution in [3.8, 4) is 11.5 Å². The lowest BCUT2D eigenvalue weighted by Gasteiger charge is -2.12. The molecule has 0 saturated carbocycles. The third-order valence-corrected chi connectivity index (χ3v) is 3.90. The maximum Gasteiger partial charge on any atom is 0.274 e. The fourth-order valence-corrected chi connectivity index (χ4v) is 2.46. The Hall–Kier alpha value is -3.61. The van der Waals surface area contributed by atoms with Gasteiger partial charge in [0.1, 0.15) is 17.2 Å². The number of carbonyl (C=O) groups excluding carboxylic acids is 1. The van der Waals surface area contributed by atoms with E-state index in [0.29, 0.717) is 29.4 Å². The predicted octanol–water partition coefficient (Wildman–Crippen LogP) is 3.36. The van der Waals surface area contributed by atoms with Gasteiger partial charge in [0.05, 0.1) is 19.9 Å². The van der Waals surface area contributed by atoms with Crippen LogP contribution in [0, 0.1) is 0 Å². The van der Waals surface area contributed by atoms with Gasteiger partial charge in [-0.15, -0.1) is 0 Å². The molecule has 2 aromatic heterocycles. The fraction of sp³-hybridized carbons (Fsp3) is 0.150. The molecule has 0 aliphatic rings. The number of methoxy groups -OCH3 is 2. The third-order valence-electron chi connectivity index (χ3n) is 3.90. The van der Waals surface area contributed by atoms with E-state index < -0.39 is 0 Å². The molecule has 0 fully saturated rings. The van der Waals surface area contributed by atoms with Crippen LogP contribution >= 0.6 is 0 Å². The van der Waals surface area contributed by atoms with Crippen LogP contribution in [0.2, 0.25) is 0 Å². The van der Waals surface area contributed by atoms with Gasteiger partial charge in [0.15, 0.2) is 0 Å². The summed E-state index contributed by atoms with van der Waals surface area (Å²) in [6.07, 6.45) is 5.07. The van der Waals surface area contributed by atoms with Gasteiger partial charge in [-0.3, -0.25) is 14.8 Å². The maximum absolute atomic E-state index is 12.6. The average Bonchev–Trinajstić information content (AvgIpc) is 2.73. The second-order valence-electron chi connectivity index (χ2n) is 5.66. The molecule has 3 rings (SSSR count). The quantitative estimate of drug-likeness (QED) is 0.669. The van der Waals surface area contributed by atoms with Gasteiger partial charge in [0.25, 0.3) is 5.91 Å². The topological polar surface area (TPSA) is 85.4 Å². The highest BCUT2D eigenvalue weighted by Crippen LogP contribution is 2.29. The summed E-state index contributed by atoms with van der Waals surface area (Å²) >= 11 is 0. The molecule has 2 N–H and O–H groups in total. The number of pyridine rings is 2. The molecular formula is C20H20N4O3. The number of carbonyl (C=O) groups is 1. The Bertz CT molecular complexity index is 916. The smallest absolute Gasteiger partial charge is 0.274 e. The molecule has 0 unspecified atom stereocenters. The number of ether oxygens (including phenoxy) is 2. The van der Waals surface area contributed by atoms with Crippen molar-refractivity contribution < 1.29 is 14.3 Å². The van der Waals surface area contributed by atoms with Gasteiger partial charge >= 0.3 is 0 Å².